The van der Waals surface area contributed by atoms with Gasteiger partial charge in [-0.15, -0.1) is 0 Å². The fourth-order valence-corrected chi connectivity index (χ4v) is 1.95. The molecule has 0 radical (unpaired) electrons. The minimum Gasteiger partial charge on any atom is -0.344 e. The number of amides is 2. The highest BCUT2D eigenvalue weighted by Gasteiger charge is 2.35. The zero-order chi connectivity index (χ0) is 12.3. The maximum atomic E-state index is 11.9. The molecule has 5 heteroatoms. The standard InChI is InChI=1S/C11H21N3O2/c1-4-13(3)11(16)8(2)14-7-9(6-12)5-10(14)15/h8-9H,4-7,12H2,1-3H3. The highest BCUT2D eigenvalue weighted by atomic mass is 16.2. The van der Waals surface area contributed by atoms with Gasteiger partial charge >= 0.3 is 0 Å². The van der Waals surface area contributed by atoms with Crippen LogP contribution in [0, 0.1) is 5.92 Å². The summed E-state index contributed by atoms with van der Waals surface area (Å²) >= 11 is 0. The third kappa shape index (κ3) is 2.52. The van der Waals surface area contributed by atoms with Crippen LogP contribution in [0.1, 0.15) is 20.3 Å². The van der Waals surface area contributed by atoms with Gasteiger partial charge in [-0.3, -0.25) is 9.59 Å². The van der Waals surface area contributed by atoms with Crippen molar-refractivity contribution in [3.05, 3.63) is 0 Å². The number of carbonyl (C=O) groups excluding carboxylic acids is 2. The summed E-state index contributed by atoms with van der Waals surface area (Å²) in [7, 11) is 1.75. The summed E-state index contributed by atoms with van der Waals surface area (Å²) < 4.78 is 0. The molecule has 2 atom stereocenters. The average molecular weight is 227 g/mol. The number of nitrogens with two attached hydrogens (primary N) is 1. The molecular formula is C11H21N3O2. The van der Waals surface area contributed by atoms with Gasteiger partial charge in [0.2, 0.25) is 11.8 Å². The van der Waals surface area contributed by atoms with E-state index < -0.39 is 0 Å². The molecule has 1 rings (SSSR count). The van der Waals surface area contributed by atoms with Crippen molar-refractivity contribution in [3.63, 3.8) is 0 Å². The molecule has 1 aliphatic rings. The number of hydrogen-bond donors (Lipinski definition) is 1. The van der Waals surface area contributed by atoms with E-state index in [1.165, 1.54) is 0 Å². The zero-order valence-corrected chi connectivity index (χ0v) is 10.3. The molecule has 0 aliphatic carbocycles. The molecule has 1 aliphatic heterocycles. The van der Waals surface area contributed by atoms with Crippen molar-refractivity contribution < 1.29 is 9.59 Å². The van der Waals surface area contributed by atoms with E-state index in [2.05, 4.69) is 0 Å². The molecular weight excluding hydrogens is 206 g/mol. The summed E-state index contributed by atoms with van der Waals surface area (Å²) in [6.45, 7) is 5.47. The number of likely N-dealkylation sites (N-methyl/N-ethyl adjacent to an activating group) is 1. The van der Waals surface area contributed by atoms with Gasteiger partial charge in [0.15, 0.2) is 0 Å². The second-order valence-corrected chi connectivity index (χ2v) is 4.38. The van der Waals surface area contributed by atoms with Crippen molar-refractivity contribution in [2.24, 2.45) is 11.7 Å². The molecule has 0 aromatic heterocycles. The van der Waals surface area contributed by atoms with Crippen LogP contribution in [0.5, 0.6) is 0 Å². The predicted molar refractivity (Wildman–Crippen MR) is 61.6 cm³/mol. The van der Waals surface area contributed by atoms with Gasteiger partial charge < -0.3 is 15.5 Å². The predicted octanol–water partition coefficient (Wildman–Crippen LogP) is -0.340. The van der Waals surface area contributed by atoms with Crippen LogP contribution in [-0.4, -0.2) is 54.3 Å². The van der Waals surface area contributed by atoms with E-state index in [1.807, 2.05) is 6.92 Å². The molecule has 92 valence electrons. The van der Waals surface area contributed by atoms with E-state index in [1.54, 1.807) is 23.8 Å². The number of hydrogen-bond acceptors (Lipinski definition) is 3. The smallest absolute Gasteiger partial charge is 0.244 e. The molecule has 1 saturated heterocycles. The Morgan fingerprint density at radius 1 is 1.69 bits per heavy atom. The lowest BCUT2D eigenvalue weighted by Crippen LogP contribution is -2.46. The number of rotatable bonds is 4. The quantitative estimate of drug-likeness (QED) is 0.714. The van der Waals surface area contributed by atoms with Gasteiger partial charge in [-0.05, 0) is 26.3 Å². The van der Waals surface area contributed by atoms with Crippen LogP contribution >= 0.6 is 0 Å². The molecule has 16 heavy (non-hydrogen) atoms. The van der Waals surface area contributed by atoms with Crippen molar-refractivity contribution in [1.82, 2.24) is 9.80 Å². The summed E-state index contributed by atoms with van der Waals surface area (Å²) in [5.41, 5.74) is 5.55. The van der Waals surface area contributed by atoms with Crippen LogP contribution in [0.25, 0.3) is 0 Å². The number of carbonyl (C=O) groups is 2. The minimum absolute atomic E-state index is 0.00600. The first-order valence-corrected chi connectivity index (χ1v) is 5.75. The van der Waals surface area contributed by atoms with Crippen LogP contribution in [0.15, 0.2) is 0 Å². The fourth-order valence-electron chi connectivity index (χ4n) is 1.95. The van der Waals surface area contributed by atoms with Gasteiger partial charge in [0, 0.05) is 26.6 Å². The van der Waals surface area contributed by atoms with Gasteiger partial charge in [-0.1, -0.05) is 0 Å². The van der Waals surface area contributed by atoms with Crippen LogP contribution in [0.4, 0.5) is 0 Å². The Bertz CT molecular complexity index is 280. The Labute approximate surface area is 96.6 Å². The van der Waals surface area contributed by atoms with Crippen molar-refractivity contribution in [2.75, 3.05) is 26.7 Å². The molecule has 1 heterocycles. The molecule has 2 N–H and O–H groups in total. The lowest BCUT2D eigenvalue weighted by atomic mass is 10.1. The number of likely N-dealkylation sites (tertiary alicyclic amines) is 1. The summed E-state index contributed by atoms with van der Waals surface area (Å²) in [5, 5.41) is 0. The maximum Gasteiger partial charge on any atom is 0.244 e. The van der Waals surface area contributed by atoms with Crippen molar-refractivity contribution in [3.8, 4) is 0 Å². The largest absolute Gasteiger partial charge is 0.344 e. The highest BCUT2D eigenvalue weighted by molar-refractivity contribution is 5.88. The molecule has 0 aromatic rings. The zero-order valence-electron chi connectivity index (χ0n) is 10.3. The van der Waals surface area contributed by atoms with E-state index in [0.717, 1.165) is 0 Å². The summed E-state index contributed by atoms with van der Waals surface area (Å²) in [6.07, 6.45) is 0.476. The molecule has 0 bridgehead atoms. The van der Waals surface area contributed by atoms with Crippen LogP contribution < -0.4 is 5.73 Å². The fraction of sp³-hybridized carbons (Fsp3) is 0.818. The monoisotopic (exact) mass is 227 g/mol. The second kappa shape index (κ2) is 5.30. The third-order valence-corrected chi connectivity index (χ3v) is 3.25. The average Bonchev–Trinajstić information content (AvgIpc) is 2.67. The SMILES string of the molecule is CCN(C)C(=O)C(C)N1CC(CN)CC1=O. The highest BCUT2D eigenvalue weighted by Crippen LogP contribution is 2.19. The molecule has 2 unspecified atom stereocenters. The Morgan fingerprint density at radius 2 is 2.31 bits per heavy atom. The summed E-state index contributed by atoms with van der Waals surface area (Å²) in [4.78, 5) is 26.9. The van der Waals surface area contributed by atoms with Gasteiger partial charge in [-0.2, -0.15) is 0 Å². The Hall–Kier alpha value is -1.10. The molecule has 2 amide bonds. The van der Waals surface area contributed by atoms with Gasteiger partial charge in [0.1, 0.15) is 6.04 Å². The Morgan fingerprint density at radius 3 is 2.75 bits per heavy atom. The lowest BCUT2D eigenvalue weighted by molar-refractivity contribution is -0.141. The van der Waals surface area contributed by atoms with E-state index in [4.69, 9.17) is 5.73 Å². The van der Waals surface area contributed by atoms with Crippen LogP contribution in [0.3, 0.4) is 0 Å². The molecule has 5 nitrogen and oxygen atoms in total. The van der Waals surface area contributed by atoms with E-state index in [-0.39, 0.29) is 23.8 Å². The first-order valence-electron chi connectivity index (χ1n) is 5.75. The number of nitrogens with zero attached hydrogens (tertiary/aromatic N) is 2. The van der Waals surface area contributed by atoms with Crippen molar-refractivity contribution >= 4 is 11.8 Å². The molecule has 1 fully saturated rings. The normalized spacial score (nSPS) is 22.4. The molecule has 0 aromatic carbocycles. The summed E-state index contributed by atoms with van der Waals surface area (Å²) in [6, 6.07) is -0.367. The summed E-state index contributed by atoms with van der Waals surface area (Å²) in [5.74, 6) is 0.240. The Balaban J connectivity index is 2.64. The van der Waals surface area contributed by atoms with Gasteiger partial charge in [0.25, 0.3) is 0 Å². The van der Waals surface area contributed by atoms with E-state index >= 15 is 0 Å². The lowest BCUT2D eigenvalue weighted by Gasteiger charge is -2.27. The van der Waals surface area contributed by atoms with Crippen LogP contribution in [0.2, 0.25) is 0 Å². The van der Waals surface area contributed by atoms with Crippen molar-refractivity contribution in [2.45, 2.75) is 26.3 Å². The third-order valence-electron chi connectivity index (χ3n) is 3.25. The first-order chi connectivity index (χ1) is 7.51. The molecule has 0 spiro atoms. The van der Waals surface area contributed by atoms with Gasteiger partial charge in [-0.25, -0.2) is 0 Å². The second-order valence-electron chi connectivity index (χ2n) is 4.38. The molecule has 0 saturated carbocycles. The van der Waals surface area contributed by atoms with Crippen LogP contribution in [-0.2, 0) is 9.59 Å². The van der Waals surface area contributed by atoms with E-state index in [0.29, 0.717) is 26.1 Å². The first kappa shape index (κ1) is 13.0. The minimum atomic E-state index is -0.367. The van der Waals surface area contributed by atoms with Gasteiger partial charge in [0.05, 0.1) is 0 Å². The maximum absolute atomic E-state index is 11.9. The van der Waals surface area contributed by atoms with E-state index in [9.17, 15) is 9.59 Å². The van der Waals surface area contributed by atoms with Crippen molar-refractivity contribution in [1.29, 1.82) is 0 Å². The topological polar surface area (TPSA) is 66.6 Å². The Kier molecular flexibility index (Phi) is 4.29.